The molecule has 1 amide bonds. The summed E-state index contributed by atoms with van der Waals surface area (Å²) in [6, 6.07) is 7.67. The van der Waals surface area contributed by atoms with Crippen molar-refractivity contribution in [3.63, 3.8) is 0 Å². The Morgan fingerprint density at radius 1 is 1.00 bits per heavy atom. The van der Waals surface area contributed by atoms with Crippen molar-refractivity contribution in [1.29, 1.82) is 0 Å². The quantitative estimate of drug-likeness (QED) is 0.518. The Bertz CT molecular complexity index is 868. The molecule has 0 spiro atoms. The minimum Gasteiger partial charge on any atom is -0.493 e. The largest absolute Gasteiger partial charge is 0.493 e. The van der Waals surface area contributed by atoms with E-state index in [0.717, 1.165) is 5.56 Å². The molecule has 0 aliphatic rings. The van der Waals surface area contributed by atoms with Gasteiger partial charge in [-0.25, -0.2) is 0 Å². The van der Waals surface area contributed by atoms with E-state index in [4.69, 9.17) is 18.9 Å². The van der Waals surface area contributed by atoms with Crippen LogP contribution in [-0.2, 0) is 6.54 Å². The van der Waals surface area contributed by atoms with Gasteiger partial charge in [-0.1, -0.05) is 6.07 Å². The fourth-order valence-corrected chi connectivity index (χ4v) is 2.58. The number of hydrogen-bond donors (Lipinski definition) is 1. The molecule has 2 aromatic carbocycles. The zero-order valence-corrected chi connectivity index (χ0v) is 16.1. The number of rotatable bonds is 9. The molecule has 0 aliphatic carbocycles. The van der Waals surface area contributed by atoms with Gasteiger partial charge in [-0.3, -0.25) is 14.9 Å². The number of ether oxygens (including phenoxy) is 4. The summed E-state index contributed by atoms with van der Waals surface area (Å²) in [5.74, 6) is 0.909. The van der Waals surface area contributed by atoms with Crippen LogP contribution in [0.5, 0.6) is 23.0 Å². The van der Waals surface area contributed by atoms with Crippen molar-refractivity contribution in [3.8, 4) is 23.0 Å². The molecule has 0 saturated carbocycles. The van der Waals surface area contributed by atoms with Gasteiger partial charge in [0, 0.05) is 12.6 Å². The second-order valence-corrected chi connectivity index (χ2v) is 5.58. The molecule has 0 aliphatic heterocycles. The number of methoxy groups -OCH3 is 3. The molecule has 0 aromatic heterocycles. The highest BCUT2D eigenvalue weighted by Gasteiger charge is 2.24. The predicted molar refractivity (Wildman–Crippen MR) is 102 cm³/mol. The molecular weight excluding hydrogens is 368 g/mol. The zero-order valence-electron chi connectivity index (χ0n) is 16.1. The molecule has 0 radical (unpaired) electrons. The standard InChI is InChI=1S/C19H22N2O7/c1-5-28-18-10-14(21(23)24)13(9-17(18)27-4)19(22)20-11-12-6-7-15(25-2)16(8-12)26-3/h6-10H,5,11H2,1-4H3,(H,20,22). The van der Waals surface area contributed by atoms with Gasteiger partial charge in [-0.15, -0.1) is 0 Å². The van der Waals surface area contributed by atoms with Crippen molar-refractivity contribution < 1.29 is 28.7 Å². The van der Waals surface area contributed by atoms with Crippen LogP contribution >= 0.6 is 0 Å². The van der Waals surface area contributed by atoms with Crippen molar-refractivity contribution in [1.82, 2.24) is 5.32 Å². The lowest BCUT2D eigenvalue weighted by atomic mass is 10.1. The number of nitro benzene ring substituents is 1. The van der Waals surface area contributed by atoms with E-state index in [2.05, 4.69) is 5.32 Å². The number of carbonyl (C=O) groups excluding carboxylic acids is 1. The predicted octanol–water partition coefficient (Wildman–Crippen LogP) is 2.95. The van der Waals surface area contributed by atoms with Gasteiger partial charge in [0.25, 0.3) is 11.6 Å². The first-order valence-corrected chi connectivity index (χ1v) is 8.43. The number of nitro groups is 1. The lowest BCUT2D eigenvalue weighted by molar-refractivity contribution is -0.385. The van der Waals surface area contributed by atoms with Gasteiger partial charge in [0.05, 0.1) is 38.9 Å². The fraction of sp³-hybridized carbons (Fsp3) is 0.316. The Morgan fingerprint density at radius 2 is 1.64 bits per heavy atom. The maximum Gasteiger partial charge on any atom is 0.286 e. The molecule has 0 heterocycles. The van der Waals surface area contributed by atoms with E-state index in [9.17, 15) is 14.9 Å². The van der Waals surface area contributed by atoms with E-state index >= 15 is 0 Å². The van der Waals surface area contributed by atoms with Crippen LogP contribution in [0.3, 0.4) is 0 Å². The van der Waals surface area contributed by atoms with Crippen LogP contribution < -0.4 is 24.3 Å². The molecule has 0 atom stereocenters. The Morgan fingerprint density at radius 3 is 2.21 bits per heavy atom. The minimum absolute atomic E-state index is 0.120. The lowest BCUT2D eigenvalue weighted by Crippen LogP contribution is -2.24. The van der Waals surface area contributed by atoms with E-state index in [1.807, 2.05) is 0 Å². The van der Waals surface area contributed by atoms with Crippen LogP contribution in [0.2, 0.25) is 0 Å². The summed E-state index contributed by atoms with van der Waals surface area (Å²) < 4.78 is 20.9. The van der Waals surface area contributed by atoms with E-state index in [1.54, 1.807) is 25.1 Å². The van der Waals surface area contributed by atoms with Crippen molar-refractivity contribution in [2.75, 3.05) is 27.9 Å². The number of nitrogens with one attached hydrogen (secondary N) is 1. The van der Waals surface area contributed by atoms with Crippen molar-refractivity contribution in [2.24, 2.45) is 0 Å². The number of benzene rings is 2. The second kappa shape index (κ2) is 9.45. The molecular formula is C19H22N2O7. The number of nitrogens with zero attached hydrogens (tertiary/aromatic N) is 1. The molecule has 2 rings (SSSR count). The van der Waals surface area contributed by atoms with Gasteiger partial charge >= 0.3 is 0 Å². The average molecular weight is 390 g/mol. The Hall–Kier alpha value is -3.49. The summed E-state index contributed by atoms with van der Waals surface area (Å²) in [7, 11) is 4.43. The Labute approximate surface area is 162 Å². The SMILES string of the molecule is CCOc1cc([N+](=O)[O-])c(C(=O)NCc2ccc(OC)c(OC)c2)cc1OC. The smallest absolute Gasteiger partial charge is 0.286 e. The van der Waals surface area contributed by atoms with Gasteiger partial charge < -0.3 is 24.3 Å². The van der Waals surface area contributed by atoms with Crippen molar-refractivity contribution in [2.45, 2.75) is 13.5 Å². The Balaban J connectivity index is 2.27. The molecule has 2 aromatic rings. The first-order chi connectivity index (χ1) is 13.4. The number of hydrogen-bond acceptors (Lipinski definition) is 7. The van der Waals surface area contributed by atoms with E-state index in [-0.39, 0.29) is 29.3 Å². The summed E-state index contributed by atoms with van der Waals surface area (Å²) in [6.45, 7) is 2.19. The monoisotopic (exact) mass is 390 g/mol. The highest BCUT2D eigenvalue weighted by atomic mass is 16.6. The normalized spacial score (nSPS) is 10.1. The van der Waals surface area contributed by atoms with Crippen LogP contribution in [-0.4, -0.2) is 38.8 Å². The number of amides is 1. The van der Waals surface area contributed by atoms with E-state index < -0.39 is 10.8 Å². The highest BCUT2D eigenvalue weighted by Crippen LogP contribution is 2.35. The van der Waals surface area contributed by atoms with Gasteiger partial charge in [0.15, 0.2) is 23.0 Å². The van der Waals surface area contributed by atoms with Crippen LogP contribution in [0.4, 0.5) is 5.69 Å². The molecule has 0 fully saturated rings. The summed E-state index contributed by atoms with van der Waals surface area (Å²) in [5, 5.41) is 14.1. The topological polar surface area (TPSA) is 109 Å². The molecule has 9 heteroatoms. The van der Waals surface area contributed by atoms with Gasteiger partial charge in [0.2, 0.25) is 0 Å². The Kier molecular flexibility index (Phi) is 7.02. The summed E-state index contributed by atoms with van der Waals surface area (Å²) in [4.78, 5) is 23.4. The maximum atomic E-state index is 12.6. The molecule has 1 N–H and O–H groups in total. The van der Waals surface area contributed by atoms with E-state index in [0.29, 0.717) is 18.1 Å². The minimum atomic E-state index is -0.632. The van der Waals surface area contributed by atoms with Crippen LogP contribution in [0.15, 0.2) is 30.3 Å². The molecule has 0 bridgehead atoms. The highest BCUT2D eigenvalue weighted by molar-refractivity contribution is 5.99. The molecule has 0 unspecified atom stereocenters. The first kappa shape index (κ1) is 20.8. The van der Waals surface area contributed by atoms with Crippen molar-refractivity contribution in [3.05, 3.63) is 51.6 Å². The van der Waals surface area contributed by atoms with Crippen LogP contribution in [0.25, 0.3) is 0 Å². The van der Waals surface area contributed by atoms with Crippen LogP contribution in [0, 0.1) is 10.1 Å². The second-order valence-electron chi connectivity index (χ2n) is 5.58. The molecule has 28 heavy (non-hydrogen) atoms. The third-order valence-corrected chi connectivity index (χ3v) is 3.92. The molecule has 0 saturated heterocycles. The average Bonchev–Trinajstić information content (AvgIpc) is 2.71. The maximum absolute atomic E-state index is 12.6. The summed E-state index contributed by atoms with van der Waals surface area (Å²) in [6.07, 6.45) is 0. The zero-order chi connectivity index (χ0) is 20.7. The van der Waals surface area contributed by atoms with Gasteiger partial charge in [-0.05, 0) is 24.6 Å². The lowest BCUT2D eigenvalue weighted by Gasteiger charge is -2.13. The van der Waals surface area contributed by atoms with E-state index in [1.165, 1.54) is 33.5 Å². The molecule has 150 valence electrons. The fourth-order valence-electron chi connectivity index (χ4n) is 2.58. The van der Waals surface area contributed by atoms with Gasteiger partial charge in [0.1, 0.15) is 5.56 Å². The first-order valence-electron chi connectivity index (χ1n) is 8.43. The third kappa shape index (κ3) is 4.61. The van der Waals surface area contributed by atoms with Gasteiger partial charge in [-0.2, -0.15) is 0 Å². The number of carbonyl (C=O) groups is 1. The third-order valence-electron chi connectivity index (χ3n) is 3.92. The summed E-state index contributed by atoms with van der Waals surface area (Å²) in [5.41, 5.74) is 0.256. The molecule has 9 nitrogen and oxygen atoms in total. The summed E-state index contributed by atoms with van der Waals surface area (Å²) >= 11 is 0. The van der Waals surface area contributed by atoms with Crippen LogP contribution in [0.1, 0.15) is 22.8 Å². The van der Waals surface area contributed by atoms with Crippen molar-refractivity contribution >= 4 is 11.6 Å².